The maximum absolute atomic E-state index is 12.7. The molecule has 2 aromatic rings. The summed E-state index contributed by atoms with van der Waals surface area (Å²) in [6.45, 7) is 7.02. The second kappa shape index (κ2) is 7.04. The summed E-state index contributed by atoms with van der Waals surface area (Å²) in [5, 5.41) is 0. The second-order valence-corrected chi connectivity index (χ2v) is 7.79. The molecule has 0 atom stereocenters. The predicted octanol–water partition coefficient (Wildman–Crippen LogP) is 2.49. The smallest absolute Gasteiger partial charge is 0.298 e. The van der Waals surface area contributed by atoms with E-state index in [9.17, 15) is 4.79 Å². The number of rotatable bonds is 5. The lowest BCUT2D eigenvalue weighted by atomic mass is 9.91. The van der Waals surface area contributed by atoms with E-state index in [2.05, 4.69) is 23.7 Å². The second-order valence-electron chi connectivity index (χ2n) is 7.79. The van der Waals surface area contributed by atoms with Crippen LogP contribution >= 0.6 is 0 Å². The minimum atomic E-state index is -0.0523. The molecule has 1 aromatic carbocycles. The molecule has 3 rings (SSSR count). The molecular formula is C19H28N4O2. The first-order chi connectivity index (χ1) is 11.9. The molecule has 0 aliphatic carbocycles. The topological polar surface area (TPSA) is 75.6 Å². The van der Waals surface area contributed by atoms with E-state index in [1.54, 1.807) is 0 Å². The Bertz CT molecular complexity index is 699. The molecule has 1 fully saturated rings. The first-order valence-corrected chi connectivity index (χ1v) is 8.95. The van der Waals surface area contributed by atoms with Crippen molar-refractivity contribution in [1.29, 1.82) is 0 Å². The molecule has 1 aromatic heterocycles. The average Bonchev–Trinajstić information content (AvgIpc) is 3.05. The van der Waals surface area contributed by atoms with Gasteiger partial charge in [-0.2, -0.15) is 4.98 Å². The third-order valence-corrected chi connectivity index (χ3v) is 4.99. The van der Waals surface area contributed by atoms with Crippen LogP contribution in [0, 0.1) is 11.3 Å². The van der Waals surface area contributed by atoms with Crippen LogP contribution in [0.4, 0.5) is 6.01 Å². The number of piperidine rings is 1. The number of benzene rings is 1. The van der Waals surface area contributed by atoms with E-state index in [1.807, 2.05) is 36.2 Å². The van der Waals surface area contributed by atoms with Gasteiger partial charge >= 0.3 is 0 Å². The van der Waals surface area contributed by atoms with E-state index < -0.39 is 0 Å². The number of amides is 1. The van der Waals surface area contributed by atoms with Gasteiger partial charge in [-0.3, -0.25) is 4.79 Å². The number of oxazole rings is 1. The molecule has 25 heavy (non-hydrogen) atoms. The van der Waals surface area contributed by atoms with E-state index >= 15 is 0 Å². The molecule has 2 heterocycles. The number of hydrogen-bond donors (Lipinski definition) is 1. The van der Waals surface area contributed by atoms with Crippen molar-refractivity contribution in [3.05, 3.63) is 24.3 Å². The first-order valence-electron chi connectivity index (χ1n) is 8.95. The van der Waals surface area contributed by atoms with Crippen LogP contribution in [0.3, 0.4) is 0 Å². The third kappa shape index (κ3) is 3.95. The Kier molecular flexibility index (Phi) is 4.99. The van der Waals surface area contributed by atoms with Crippen LogP contribution in [0.2, 0.25) is 0 Å². The van der Waals surface area contributed by atoms with E-state index in [4.69, 9.17) is 10.2 Å². The zero-order valence-electron chi connectivity index (χ0n) is 15.4. The minimum absolute atomic E-state index is 0.0523. The van der Waals surface area contributed by atoms with Gasteiger partial charge in [0.15, 0.2) is 5.58 Å². The van der Waals surface area contributed by atoms with Crippen molar-refractivity contribution < 1.29 is 9.21 Å². The number of aromatic nitrogens is 1. The Labute approximate surface area is 149 Å². The number of carbonyl (C=O) groups is 1. The minimum Gasteiger partial charge on any atom is -0.423 e. The highest BCUT2D eigenvalue weighted by Crippen LogP contribution is 2.27. The summed E-state index contributed by atoms with van der Waals surface area (Å²) in [5.41, 5.74) is 7.41. The van der Waals surface area contributed by atoms with E-state index in [-0.39, 0.29) is 17.2 Å². The Hall–Kier alpha value is -2.08. The predicted molar refractivity (Wildman–Crippen MR) is 99.4 cm³/mol. The Morgan fingerprint density at radius 1 is 1.36 bits per heavy atom. The molecule has 0 radical (unpaired) electrons. The summed E-state index contributed by atoms with van der Waals surface area (Å²) >= 11 is 0. The Morgan fingerprint density at radius 3 is 2.68 bits per heavy atom. The van der Waals surface area contributed by atoms with Crippen molar-refractivity contribution >= 4 is 23.0 Å². The van der Waals surface area contributed by atoms with Crippen LogP contribution in [0.1, 0.15) is 26.7 Å². The molecule has 1 aliphatic rings. The van der Waals surface area contributed by atoms with E-state index in [1.165, 1.54) is 0 Å². The number of hydrogen-bond acceptors (Lipinski definition) is 5. The largest absolute Gasteiger partial charge is 0.423 e. The van der Waals surface area contributed by atoms with Crippen molar-refractivity contribution in [2.45, 2.75) is 26.7 Å². The van der Waals surface area contributed by atoms with Crippen LogP contribution in [-0.4, -0.2) is 49.0 Å². The SMILES string of the molecule is CN(CC(C)(C)CN)C(=O)C1CCN(c2nc3ccccc3o2)CC1. The van der Waals surface area contributed by atoms with Gasteiger partial charge in [-0.25, -0.2) is 0 Å². The molecule has 0 saturated carbocycles. The molecule has 136 valence electrons. The number of carbonyl (C=O) groups excluding carboxylic acids is 1. The number of nitrogens with two attached hydrogens (primary N) is 1. The summed E-state index contributed by atoms with van der Waals surface area (Å²) in [6.07, 6.45) is 1.65. The van der Waals surface area contributed by atoms with Gasteiger partial charge in [-0.15, -0.1) is 0 Å². The van der Waals surface area contributed by atoms with Crippen LogP contribution in [0.5, 0.6) is 0 Å². The van der Waals surface area contributed by atoms with Crippen LogP contribution in [0.15, 0.2) is 28.7 Å². The lowest BCUT2D eigenvalue weighted by Gasteiger charge is -2.35. The third-order valence-electron chi connectivity index (χ3n) is 4.99. The van der Waals surface area contributed by atoms with E-state index in [0.717, 1.165) is 37.0 Å². The van der Waals surface area contributed by atoms with Gasteiger partial charge < -0.3 is 20.0 Å². The monoisotopic (exact) mass is 344 g/mol. The molecule has 0 bridgehead atoms. The van der Waals surface area contributed by atoms with Crippen LogP contribution in [-0.2, 0) is 4.79 Å². The molecule has 6 nitrogen and oxygen atoms in total. The van der Waals surface area contributed by atoms with Crippen molar-refractivity contribution in [3.63, 3.8) is 0 Å². The standard InChI is InChI=1S/C19H28N4O2/c1-19(2,12-20)13-22(3)17(24)14-8-10-23(11-9-14)18-21-15-6-4-5-7-16(15)25-18/h4-7,14H,8-13,20H2,1-3H3. The molecule has 1 aliphatic heterocycles. The molecule has 6 heteroatoms. The molecule has 1 amide bonds. The quantitative estimate of drug-likeness (QED) is 0.902. The summed E-state index contributed by atoms with van der Waals surface area (Å²) in [5.74, 6) is 0.290. The Morgan fingerprint density at radius 2 is 2.04 bits per heavy atom. The highest BCUT2D eigenvalue weighted by molar-refractivity contribution is 5.79. The highest BCUT2D eigenvalue weighted by atomic mass is 16.4. The summed E-state index contributed by atoms with van der Waals surface area (Å²) in [6, 6.07) is 8.44. The van der Waals surface area contributed by atoms with E-state index in [0.29, 0.717) is 19.1 Å². The summed E-state index contributed by atoms with van der Waals surface area (Å²) in [7, 11) is 1.88. The van der Waals surface area contributed by atoms with Crippen LogP contribution < -0.4 is 10.6 Å². The fourth-order valence-corrected chi connectivity index (χ4v) is 3.41. The molecule has 1 saturated heterocycles. The number of para-hydroxylation sites is 2. The zero-order valence-corrected chi connectivity index (χ0v) is 15.4. The normalized spacial score (nSPS) is 16.4. The van der Waals surface area contributed by atoms with Crippen molar-refractivity contribution in [1.82, 2.24) is 9.88 Å². The average molecular weight is 344 g/mol. The van der Waals surface area contributed by atoms with Crippen molar-refractivity contribution in [3.8, 4) is 0 Å². The molecule has 0 unspecified atom stereocenters. The van der Waals surface area contributed by atoms with Gasteiger partial charge in [0.1, 0.15) is 5.52 Å². The van der Waals surface area contributed by atoms with Gasteiger partial charge in [-0.1, -0.05) is 26.0 Å². The maximum Gasteiger partial charge on any atom is 0.298 e. The molecule has 2 N–H and O–H groups in total. The van der Waals surface area contributed by atoms with Crippen molar-refractivity contribution in [2.24, 2.45) is 17.1 Å². The fourth-order valence-electron chi connectivity index (χ4n) is 3.41. The zero-order chi connectivity index (χ0) is 18.0. The lowest BCUT2D eigenvalue weighted by molar-refractivity contribution is -0.136. The highest BCUT2D eigenvalue weighted by Gasteiger charge is 2.30. The van der Waals surface area contributed by atoms with Gasteiger partial charge in [0, 0.05) is 32.6 Å². The number of nitrogens with zero attached hydrogens (tertiary/aromatic N) is 3. The summed E-state index contributed by atoms with van der Waals surface area (Å²) in [4.78, 5) is 21.2. The molecular weight excluding hydrogens is 316 g/mol. The fraction of sp³-hybridized carbons (Fsp3) is 0.579. The number of anilines is 1. The Balaban J connectivity index is 1.58. The summed E-state index contributed by atoms with van der Waals surface area (Å²) < 4.78 is 5.84. The molecule has 0 spiro atoms. The van der Waals surface area contributed by atoms with Gasteiger partial charge in [0.05, 0.1) is 0 Å². The lowest BCUT2D eigenvalue weighted by Crippen LogP contribution is -2.45. The van der Waals surface area contributed by atoms with Gasteiger partial charge in [0.25, 0.3) is 6.01 Å². The first kappa shape index (κ1) is 17.7. The van der Waals surface area contributed by atoms with Gasteiger partial charge in [0.2, 0.25) is 5.91 Å². The maximum atomic E-state index is 12.7. The van der Waals surface area contributed by atoms with Crippen molar-refractivity contribution in [2.75, 3.05) is 38.1 Å². The van der Waals surface area contributed by atoms with Gasteiger partial charge in [-0.05, 0) is 36.9 Å². The number of fused-ring (bicyclic) bond motifs is 1. The van der Waals surface area contributed by atoms with Crippen LogP contribution in [0.25, 0.3) is 11.1 Å².